The zero-order valence-electron chi connectivity index (χ0n) is 20.4. The molecule has 5 rings (SSSR count). The zero-order valence-corrected chi connectivity index (χ0v) is 20.4. The molecule has 0 saturated heterocycles. The quantitative estimate of drug-likeness (QED) is 0.375. The maximum Gasteiger partial charge on any atom is 0.266 e. The SMILES string of the molecule is COc1ccnc(-c2cccc3nc(C(C)Nc4nc(C)ncc4C#N)n(-c4ccccc4)c(=O)c23)n1. The highest BCUT2D eigenvalue weighted by molar-refractivity contribution is 5.92. The number of methoxy groups -OCH3 is 1. The zero-order chi connectivity index (χ0) is 25.9. The first-order valence-electron chi connectivity index (χ1n) is 11.5. The van der Waals surface area contributed by atoms with Gasteiger partial charge in [-0.2, -0.15) is 10.2 Å². The van der Waals surface area contributed by atoms with Crippen LogP contribution >= 0.6 is 0 Å². The van der Waals surface area contributed by atoms with Gasteiger partial charge >= 0.3 is 0 Å². The Hall–Kier alpha value is -5.17. The van der Waals surface area contributed by atoms with Crippen LogP contribution in [0.4, 0.5) is 5.82 Å². The molecular formula is C27H22N8O2. The van der Waals surface area contributed by atoms with Crippen LogP contribution in [0.25, 0.3) is 28.0 Å². The van der Waals surface area contributed by atoms with E-state index in [1.165, 1.54) is 13.3 Å². The van der Waals surface area contributed by atoms with E-state index in [9.17, 15) is 10.1 Å². The van der Waals surface area contributed by atoms with Gasteiger partial charge < -0.3 is 10.1 Å². The van der Waals surface area contributed by atoms with Crippen LogP contribution in [0, 0.1) is 18.3 Å². The summed E-state index contributed by atoms with van der Waals surface area (Å²) < 4.78 is 6.81. The lowest BCUT2D eigenvalue weighted by Crippen LogP contribution is -2.28. The standard InChI is InChI=1S/C27H22N8O2/c1-16(31-24-18(14-28)15-30-17(2)32-24)26-33-21-11-7-10-20(25-29-13-12-22(34-25)37-3)23(21)27(36)35(26)19-8-5-4-6-9-19/h4-13,15-16H,1-3H3,(H,30,31,32). The molecule has 3 heterocycles. The Labute approximate surface area is 212 Å². The third-order valence-electron chi connectivity index (χ3n) is 5.79. The van der Waals surface area contributed by atoms with Crippen molar-refractivity contribution in [1.29, 1.82) is 5.26 Å². The Kier molecular flexibility index (Phi) is 6.26. The number of ether oxygens (including phenoxy) is 1. The van der Waals surface area contributed by atoms with Crippen molar-refractivity contribution in [1.82, 2.24) is 29.5 Å². The summed E-state index contributed by atoms with van der Waals surface area (Å²) in [5, 5.41) is 13.2. The van der Waals surface area contributed by atoms with Crippen LogP contribution in [0.2, 0.25) is 0 Å². The highest BCUT2D eigenvalue weighted by Crippen LogP contribution is 2.27. The number of fused-ring (bicyclic) bond motifs is 1. The van der Waals surface area contributed by atoms with Crippen LogP contribution in [0.3, 0.4) is 0 Å². The number of nitrogens with one attached hydrogen (secondary N) is 1. The number of anilines is 1. The van der Waals surface area contributed by atoms with Crippen molar-refractivity contribution in [2.45, 2.75) is 19.9 Å². The van der Waals surface area contributed by atoms with Crippen LogP contribution in [-0.2, 0) is 0 Å². The number of nitrogens with zero attached hydrogens (tertiary/aromatic N) is 7. The fourth-order valence-corrected chi connectivity index (χ4v) is 4.07. The molecule has 182 valence electrons. The molecule has 10 heteroatoms. The second-order valence-electron chi connectivity index (χ2n) is 8.23. The van der Waals surface area contributed by atoms with Gasteiger partial charge in [0.1, 0.15) is 29.1 Å². The van der Waals surface area contributed by atoms with Crippen LogP contribution in [0.15, 0.2) is 71.8 Å². The van der Waals surface area contributed by atoms with Crippen molar-refractivity contribution >= 4 is 16.7 Å². The number of hydrogen-bond donors (Lipinski definition) is 1. The molecular weight excluding hydrogens is 468 g/mol. The van der Waals surface area contributed by atoms with E-state index in [4.69, 9.17) is 9.72 Å². The lowest BCUT2D eigenvalue weighted by atomic mass is 10.1. The summed E-state index contributed by atoms with van der Waals surface area (Å²) in [6.07, 6.45) is 3.05. The molecule has 0 fully saturated rings. The highest BCUT2D eigenvalue weighted by atomic mass is 16.5. The Bertz CT molecular complexity index is 1710. The van der Waals surface area contributed by atoms with Gasteiger partial charge in [-0.3, -0.25) is 9.36 Å². The van der Waals surface area contributed by atoms with Gasteiger partial charge in [0.05, 0.1) is 35.9 Å². The first kappa shape index (κ1) is 23.6. The van der Waals surface area contributed by atoms with E-state index in [1.807, 2.05) is 43.3 Å². The molecule has 10 nitrogen and oxygen atoms in total. The molecule has 1 N–H and O–H groups in total. The van der Waals surface area contributed by atoms with Gasteiger partial charge in [0.2, 0.25) is 5.88 Å². The smallest absolute Gasteiger partial charge is 0.266 e. The van der Waals surface area contributed by atoms with Crippen LogP contribution < -0.4 is 15.6 Å². The van der Waals surface area contributed by atoms with Crippen molar-refractivity contribution in [3.63, 3.8) is 0 Å². The summed E-state index contributed by atoms with van der Waals surface area (Å²) in [5.41, 5.74) is 1.70. The topological polar surface area (TPSA) is 132 Å². The molecule has 37 heavy (non-hydrogen) atoms. The normalized spacial score (nSPS) is 11.6. The summed E-state index contributed by atoms with van der Waals surface area (Å²) in [4.78, 5) is 36.3. The van der Waals surface area contributed by atoms with Crippen LogP contribution in [-0.4, -0.2) is 36.6 Å². The van der Waals surface area contributed by atoms with Crippen molar-refractivity contribution in [3.05, 3.63) is 94.6 Å². The maximum atomic E-state index is 14.2. The average molecular weight is 491 g/mol. The molecule has 1 unspecified atom stereocenters. The fourth-order valence-electron chi connectivity index (χ4n) is 4.07. The van der Waals surface area contributed by atoms with Crippen molar-refractivity contribution in [2.24, 2.45) is 0 Å². The predicted molar refractivity (Wildman–Crippen MR) is 138 cm³/mol. The van der Waals surface area contributed by atoms with Crippen molar-refractivity contribution in [2.75, 3.05) is 12.4 Å². The lowest BCUT2D eigenvalue weighted by Gasteiger charge is -2.21. The Morgan fingerprint density at radius 2 is 1.84 bits per heavy atom. The Morgan fingerprint density at radius 3 is 2.59 bits per heavy atom. The maximum absolute atomic E-state index is 14.2. The van der Waals surface area contributed by atoms with Gasteiger partial charge in [0.25, 0.3) is 5.56 Å². The van der Waals surface area contributed by atoms with E-state index in [2.05, 4.69) is 31.3 Å². The van der Waals surface area contributed by atoms with E-state index in [1.54, 1.807) is 35.9 Å². The number of rotatable bonds is 6. The van der Waals surface area contributed by atoms with Crippen molar-refractivity contribution < 1.29 is 4.74 Å². The number of benzene rings is 2. The summed E-state index contributed by atoms with van der Waals surface area (Å²) in [6, 6.07) is 17.9. The number of hydrogen-bond acceptors (Lipinski definition) is 9. The van der Waals surface area contributed by atoms with Gasteiger partial charge in [-0.25, -0.2) is 19.9 Å². The first-order valence-corrected chi connectivity index (χ1v) is 11.5. The molecule has 0 spiro atoms. The summed E-state index contributed by atoms with van der Waals surface area (Å²) in [5.74, 6) is 2.09. The lowest BCUT2D eigenvalue weighted by molar-refractivity contribution is 0.397. The molecule has 0 saturated carbocycles. The molecule has 0 aliphatic rings. The third-order valence-corrected chi connectivity index (χ3v) is 5.79. The highest BCUT2D eigenvalue weighted by Gasteiger charge is 2.22. The molecule has 0 aliphatic carbocycles. The molecule has 0 bridgehead atoms. The van der Waals surface area contributed by atoms with Gasteiger partial charge in [-0.05, 0) is 32.0 Å². The Morgan fingerprint density at radius 1 is 1.03 bits per heavy atom. The number of aromatic nitrogens is 6. The molecule has 1 atom stereocenters. The molecule has 2 aromatic carbocycles. The monoisotopic (exact) mass is 490 g/mol. The van der Waals surface area contributed by atoms with Gasteiger partial charge in [0.15, 0.2) is 5.82 Å². The summed E-state index contributed by atoms with van der Waals surface area (Å²) in [7, 11) is 1.52. The Balaban J connectivity index is 1.74. The number of nitriles is 1. The second kappa shape index (κ2) is 9.83. The average Bonchev–Trinajstić information content (AvgIpc) is 2.93. The number of aryl methyl sites for hydroxylation is 1. The van der Waals surface area contributed by atoms with Gasteiger partial charge in [-0.1, -0.05) is 30.3 Å². The van der Waals surface area contributed by atoms with Crippen LogP contribution in [0.1, 0.15) is 30.2 Å². The molecule has 5 aromatic rings. The summed E-state index contributed by atoms with van der Waals surface area (Å²) >= 11 is 0. The van der Waals surface area contributed by atoms with Gasteiger partial charge in [0, 0.05) is 17.8 Å². The molecule has 0 aliphatic heterocycles. The predicted octanol–water partition coefficient (Wildman–Crippen LogP) is 3.99. The van der Waals surface area contributed by atoms with E-state index >= 15 is 0 Å². The fraction of sp³-hybridized carbons (Fsp3) is 0.148. The third kappa shape index (κ3) is 4.46. The van der Waals surface area contributed by atoms with E-state index in [0.29, 0.717) is 56.9 Å². The minimum Gasteiger partial charge on any atom is -0.481 e. The number of para-hydroxylation sites is 1. The van der Waals surface area contributed by atoms with Crippen LogP contribution in [0.5, 0.6) is 5.88 Å². The minimum atomic E-state index is -0.490. The minimum absolute atomic E-state index is 0.277. The van der Waals surface area contributed by atoms with Gasteiger partial charge in [-0.15, -0.1) is 0 Å². The van der Waals surface area contributed by atoms with Crippen molar-refractivity contribution in [3.8, 4) is 29.0 Å². The molecule has 0 amide bonds. The second-order valence-corrected chi connectivity index (χ2v) is 8.23. The largest absolute Gasteiger partial charge is 0.481 e. The van der Waals surface area contributed by atoms with E-state index in [0.717, 1.165) is 0 Å². The molecule has 0 radical (unpaired) electrons. The molecule has 3 aromatic heterocycles. The van der Waals surface area contributed by atoms with E-state index < -0.39 is 6.04 Å². The summed E-state index contributed by atoms with van der Waals surface area (Å²) in [6.45, 7) is 3.61. The first-order chi connectivity index (χ1) is 18.0. The van der Waals surface area contributed by atoms with E-state index in [-0.39, 0.29) is 5.56 Å².